The van der Waals surface area contributed by atoms with E-state index in [0.29, 0.717) is 5.88 Å². The summed E-state index contributed by atoms with van der Waals surface area (Å²) >= 11 is -5.88. The molecule has 0 radical (unpaired) electrons. The van der Waals surface area contributed by atoms with E-state index in [1.165, 1.54) is 8.24 Å². The molecule has 0 saturated carbocycles. The van der Waals surface area contributed by atoms with Crippen LogP contribution in [0.15, 0.2) is 200 Å². The fraction of sp³-hybridized carbons (Fsp3) is 0. The monoisotopic (exact) mass is 913 g/mol. The normalized spacial score (nSPS) is 13.0. The third-order valence-corrected chi connectivity index (χ3v) is 25.9. The summed E-state index contributed by atoms with van der Waals surface area (Å²) in [5.74, 6) is 6.54. The molecule has 0 bridgehead atoms. The molecular weight excluding hydrogens is 882 g/mol. The van der Waals surface area contributed by atoms with E-state index in [2.05, 4.69) is 186 Å². The molecule has 290 valence electrons. The van der Waals surface area contributed by atoms with Crippen molar-refractivity contribution in [1.29, 1.82) is 0 Å². The fourth-order valence-electron chi connectivity index (χ4n) is 9.63. The van der Waals surface area contributed by atoms with Gasteiger partial charge in [-0.25, -0.2) is 0 Å². The molecule has 0 N–H and O–H groups in total. The van der Waals surface area contributed by atoms with Crippen molar-refractivity contribution in [3.63, 3.8) is 0 Å². The molecule has 9 aromatic rings. The number of hydrogen-bond acceptors (Lipinski definition) is 7. The van der Waals surface area contributed by atoms with E-state index in [0.717, 1.165) is 91.0 Å². The maximum atomic E-state index is 7.15. The number of hydrogen-bond donors (Lipinski definition) is 0. The minimum atomic E-state index is -2.96. The first-order chi connectivity index (χ1) is 30.7. The number of ether oxygens (including phenoxy) is 4. The zero-order valence-electron chi connectivity index (χ0n) is 33.2. The Morgan fingerprint density at radius 2 is 0.677 bits per heavy atom. The fourth-order valence-corrected chi connectivity index (χ4v) is 23.0. The van der Waals surface area contributed by atoms with Crippen LogP contribution >= 0.6 is 0 Å². The molecule has 0 spiro atoms. The van der Waals surface area contributed by atoms with Gasteiger partial charge in [0.25, 0.3) is 0 Å². The molecule has 9 heteroatoms. The number of para-hydroxylation sites is 6. The molecule has 0 atom stereocenters. The number of anilines is 6. The molecule has 0 unspecified atom stereocenters. The Balaban J connectivity index is 0.997. The Labute approximate surface area is 369 Å². The second kappa shape index (κ2) is 14.3. The topological polar surface area (TPSA) is 56.3 Å². The zero-order valence-corrected chi connectivity index (χ0v) is 38.0. The van der Waals surface area contributed by atoms with E-state index in [-0.39, 0.29) is 0 Å². The van der Waals surface area contributed by atoms with Crippen molar-refractivity contribution in [2.75, 3.05) is 9.80 Å². The van der Waals surface area contributed by atoms with Crippen LogP contribution in [-0.4, -0.2) is 37.4 Å². The summed E-state index contributed by atoms with van der Waals surface area (Å²) in [7, 11) is 0. The Bertz CT molecular complexity index is 2930. The van der Waals surface area contributed by atoms with Crippen LogP contribution in [0.3, 0.4) is 0 Å². The molecule has 13 rings (SSSR count). The summed E-state index contributed by atoms with van der Waals surface area (Å²) in [5, 5.41) is 0. The maximum absolute atomic E-state index is 7.15. The predicted molar refractivity (Wildman–Crippen MR) is 249 cm³/mol. The predicted octanol–water partition coefficient (Wildman–Crippen LogP) is 9.48. The summed E-state index contributed by atoms with van der Waals surface area (Å²) in [6.45, 7) is 0. The van der Waals surface area contributed by atoms with Gasteiger partial charge in [-0.05, 0) is 0 Å². The van der Waals surface area contributed by atoms with Gasteiger partial charge in [-0.1, -0.05) is 0 Å². The van der Waals surface area contributed by atoms with E-state index < -0.39 is 32.4 Å². The van der Waals surface area contributed by atoms with Crippen molar-refractivity contribution in [2.24, 2.45) is 0 Å². The van der Waals surface area contributed by atoms with Crippen LogP contribution in [0.2, 0.25) is 0 Å². The van der Waals surface area contributed by atoms with Gasteiger partial charge >= 0.3 is 371 Å². The van der Waals surface area contributed by atoms with Crippen LogP contribution in [-0.2, 0) is 0 Å². The van der Waals surface area contributed by atoms with Gasteiger partial charge in [0.2, 0.25) is 0 Å². The molecule has 4 aliphatic rings. The molecule has 62 heavy (non-hydrogen) atoms. The van der Waals surface area contributed by atoms with Crippen LogP contribution in [0, 0.1) is 0 Å². The van der Waals surface area contributed by atoms with Gasteiger partial charge in [0.15, 0.2) is 0 Å². The van der Waals surface area contributed by atoms with Gasteiger partial charge < -0.3 is 0 Å². The summed E-state index contributed by atoms with van der Waals surface area (Å²) in [4.78, 5) is 10.1. The van der Waals surface area contributed by atoms with E-state index >= 15 is 0 Å². The summed E-state index contributed by atoms with van der Waals surface area (Å²) in [6, 6.07) is 69.8. The molecule has 0 fully saturated rings. The average molecular weight is 915 g/mol. The van der Waals surface area contributed by atoms with Gasteiger partial charge in [0.1, 0.15) is 0 Å². The molecule has 4 aliphatic heterocycles. The Morgan fingerprint density at radius 1 is 0.306 bits per heavy atom. The van der Waals surface area contributed by atoms with E-state index in [1.807, 2.05) is 24.3 Å². The summed E-state index contributed by atoms with van der Waals surface area (Å²) in [5.41, 5.74) is 6.08. The Morgan fingerprint density at radius 3 is 1.15 bits per heavy atom. The van der Waals surface area contributed by atoms with E-state index in [9.17, 15) is 0 Å². The second-order valence-electron chi connectivity index (χ2n) is 15.8. The number of pyridine rings is 1. The van der Waals surface area contributed by atoms with Gasteiger partial charge in [-0.3, -0.25) is 0 Å². The number of rotatable bonds is 6. The van der Waals surface area contributed by atoms with Gasteiger partial charge in [0.05, 0.1) is 0 Å². The number of nitrogens with zero attached hydrogens (tertiary/aromatic N) is 3. The van der Waals surface area contributed by atoms with Gasteiger partial charge in [-0.15, -0.1) is 0 Å². The van der Waals surface area contributed by atoms with Crippen molar-refractivity contribution >= 4 is 91.4 Å². The summed E-state index contributed by atoms with van der Waals surface area (Å²) in [6.07, 6.45) is 0. The van der Waals surface area contributed by atoms with Crippen LogP contribution in [0.25, 0.3) is 0 Å². The van der Waals surface area contributed by atoms with Crippen LogP contribution in [0.4, 0.5) is 34.1 Å². The van der Waals surface area contributed by atoms with Crippen molar-refractivity contribution in [1.82, 2.24) is 4.98 Å². The zero-order chi connectivity index (χ0) is 40.7. The van der Waals surface area contributed by atoms with E-state index in [4.69, 9.17) is 23.9 Å². The first-order valence-electron chi connectivity index (χ1n) is 20.8. The SMILES string of the molecule is c1ccc(N(c2ccccc2)c2cc3[c]4c(c2)Oc2n[c]5c(c[c]2[Ga]4[c]2ccccc2O3)Oc2cc(N(c3ccccc3)c3ccccc3)cc3[c]2[Ga]5[c]2ccccc2O3)cc1. The molecule has 7 nitrogen and oxygen atoms in total. The molecule has 8 aromatic carbocycles. The van der Waals surface area contributed by atoms with Crippen LogP contribution in [0.1, 0.15) is 0 Å². The van der Waals surface area contributed by atoms with Gasteiger partial charge in [-0.2, -0.15) is 0 Å². The quantitative estimate of drug-likeness (QED) is 0.154. The number of aromatic nitrogens is 1. The first-order valence-corrected chi connectivity index (χ1v) is 28.1. The summed E-state index contributed by atoms with van der Waals surface area (Å²) < 4.78 is 34.8. The minimum absolute atomic E-state index is 0.672. The van der Waals surface area contributed by atoms with E-state index in [1.54, 1.807) is 0 Å². The Kier molecular flexibility index (Phi) is 8.23. The third-order valence-electron chi connectivity index (χ3n) is 12.2. The van der Waals surface area contributed by atoms with Crippen molar-refractivity contribution in [3.05, 3.63) is 200 Å². The molecule has 0 amide bonds. The van der Waals surface area contributed by atoms with Crippen molar-refractivity contribution < 1.29 is 18.9 Å². The molecule has 0 aliphatic carbocycles. The second-order valence-corrected chi connectivity index (χ2v) is 27.0. The molecular formula is C53H33Ga2N3O4. The standard InChI is InChI=1S/C53H33N3O4.2Ga/c1-7-19-40(20-8-1)55(41-21-9-2-10-22-41)44-33-49(57-46-27-15-5-16-28-46)37-51(35-44)59-48-31-32-53(54-39-48)60-52-36-45(34-50(38-52)58-47-29-17-6-18-30-47)56(42-23-11-3-12-24-42)43-25-13-4-14-26-43;;/h1-27,29,31,33-36H;;. The Hall–Kier alpha value is -7.02. The average Bonchev–Trinajstić information content (AvgIpc) is 3.32. The number of fused-ring (bicyclic) bond motifs is 8. The number of benzene rings is 8. The van der Waals surface area contributed by atoms with Crippen molar-refractivity contribution in [2.45, 2.75) is 0 Å². The van der Waals surface area contributed by atoms with Gasteiger partial charge in [0, 0.05) is 0 Å². The molecule has 1 aromatic heterocycles. The van der Waals surface area contributed by atoms with Crippen LogP contribution in [0.5, 0.6) is 46.1 Å². The van der Waals surface area contributed by atoms with Crippen LogP contribution < -0.4 is 53.6 Å². The molecule has 5 heterocycles. The first kappa shape index (κ1) is 35.7. The van der Waals surface area contributed by atoms with Crippen molar-refractivity contribution in [3.8, 4) is 46.1 Å². The third kappa shape index (κ3) is 5.66. The molecule has 0 saturated heterocycles.